The number of nitrogens with zero attached hydrogens (tertiary/aromatic N) is 14. The molecule has 0 spiro atoms. The Morgan fingerprint density at radius 2 is 0.772 bits per heavy atom. The largest absolute Gasteiger partial charge is 0.460 e. The summed E-state index contributed by atoms with van der Waals surface area (Å²) in [6, 6.07) is 48.9. The number of hydrogen-bond donors (Lipinski definition) is 7. The van der Waals surface area contributed by atoms with Crippen LogP contribution in [0.1, 0.15) is 197 Å². The number of aryl methyl sites for hydroxylation is 6. The van der Waals surface area contributed by atoms with Crippen LogP contribution in [0, 0.1) is 10.8 Å². The van der Waals surface area contributed by atoms with Crippen molar-refractivity contribution < 1.29 is 63.9 Å². The smallest absolute Gasteiger partial charge is 0.277 e. The van der Waals surface area contributed by atoms with Crippen LogP contribution in [0.3, 0.4) is 0 Å². The highest BCUT2D eigenvalue weighted by Crippen LogP contribution is 2.52. The third-order valence-corrected chi connectivity index (χ3v) is 21.2. The molecule has 28 heteroatoms. The van der Waals surface area contributed by atoms with Crippen LogP contribution in [-0.4, -0.2) is 168 Å². The van der Waals surface area contributed by atoms with Gasteiger partial charge in [0.15, 0.2) is 28.9 Å². The molecule has 1 amide bonds. The maximum absolute atomic E-state index is 11.3. The van der Waals surface area contributed by atoms with E-state index in [9.17, 15) is 28.8 Å². The number of aliphatic hydroxyl groups is 5. The van der Waals surface area contributed by atoms with Gasteiger partial charge in [0.2, 0.25) is 0 Å². The van der Waals surface area contributed by atoms with E-state index in [-0.39, 0.29) is 52.7 Å². The molecule has 4 aromatic carbocycles. The van der Waals surface area contributed by atoms with E-state index in [1.54, 1.807) is 17.9 Å². The Hall–Kier alpha value is -13.2. The van der Waals surface area contributed by atoms with Gasteiger partial charge in [0.25, 0.3) is 5.91 Å². The van der Waals surface area contributed by atoms with Gasteiger partial charge < -0.3 is 29.9 Å². The maximum Gasteiger partial charge on any atom is 0.277 e. The molecule has 28 nitrogen and oxygen atoms in total. The van der Waals surface area contributed by atoms with Crippen molar-refractivity contribution in [3.8, 4) is 11.1 Å². The summed E-state index contributed by atoms with van der Waals surface area (Å²) in [5.41, 5.74) is 12.1. The van der Waals surface area contributed by atoms with Crippen molar-refractivity contribution in [2.24, 2.45) is 10.8 Å². The Morgan fingerprint density at radius 1 is 0.358 bits per heavy atom. The van der Waals surface area contributed by atoms with Gasteiger partial charge >= 0.3 is 0 Å². The van der Waals surface area contributed by atoms with E-state index < -0.39 is 38.9 Å². The average Bonchev–Trinajstić information content (AvgIpc) is 1.59. The van der Waals surface area contributed by atoms with Crippen molar-refractivity contribution in [2.75, 3.05) is 33.0 Å². The van der Waals surface area contributed by atoms with Crippen LogP contribution in [0.4, 0.5) is 0 Å². The third-order valence-electron chi connectivity index (χ3n) is 21.2. The molecule has 3 aliphatic rings. The molecule has 0 atom stereocenters. The quantitative estimate of drug-likeness (QED) is 0.0125. The summed E-state index contributed by atoms with van der Waals surface area (Å²) in [6.07, 6.45) is 41.7. The molecule has 9 aromatic heterocycles. The molecule has 123 heavy (non-hydrogen) atoms. The van der Waals surface area contributed by atoms with E-state index in [1.807, 2.05) is 85.1 Å². The topological polar surface area (TPSA) is 429 Å². The Bertz CT molecular complexity index is 5330. The van der Waals surface area contributed by atoms with E-state index in [1.165, 1.54) is 142 Å². The zero-order chi connectivity index (χ0) is 85.9. The second-order valence-electron chi connectivity index (χ2n) is 30.4. The summed E-state index contributed by atoms with van der Waals surface area (Å²) in [7, 11) is 0. The van der Waals surface area contributed by atoms with Crippen LogP contribution in [-0.2, 0) is 69.6 Å². The van der Waals surface area contributed by atoms with Gasteiger partial charge in [-0.25, -0.2) is 65.3 Å². The van der Waals surface area contributed by atoms with Crippen molar-refractivity contribution in [3.05, 3.63) is 335 Å². The van der Waals surface area contributed by atoms with Crippen molar-refractivity contribution in [1.82, 2.24) is 75.3 Å². The molecule has 7 N–H and O–H groups in total. The van der Waals surface area contributed by atoms with Crippen LogP contribution in [0.5, 0.6) is 0 Å². The number of carbonyl (C=O) groups excluding carboxylic acids is 6. The van der Waals surface area contributed by atoms with E-state index in [4.69, 9.17) is 35.2 Å². The van der Waals surface area contributed by atoms with Gasteiger partial charge in [-0.1, -0.05) is 149 Å². The second kappa shape index (κ2) is 46.5. The molecule has 0 aliphatic heterocycles. The minimum Gasteiger partial charge on any atom is -0.460 e. The molecule has 3 fully saturated rings. The predicted octanol–water partition coefficient (Wildman–Crippen LogP) is 12.4. The van der Waals surface area contributed by atoms with Crippen LogP contribution in [0.2, 0.25) is 0 Å². The van der Waals surface area contributed by atoms with Crippen LogP contribution in [0.15, 0.2) is 243 Å². The second-order valence-corrected chi connectivity index (χ2v) is 30.4. The molecular formula is C95H101N15O13. The Labute approximate surface area is 713 Å². The Kier molecular flexibility index (Phi) is 34.8. The predicted molar refractivity (Wildman–Crippen MR) is 459 cm³/mol. The number of fused-ring (bicyclic) bond motifs is 1. The molecule has 3 aliphatic carbocycles. The first-order valence-corrected chi connectivity index (χ1v) is 40.4. The van der Waals surface area contributed by atoms with Gasteiger partial charge in [-0.3, -0.25) is 43.9 Å². The summed E-state index contributed by atoms with van der Waals surface area (Å²) in [5, 5.41) is 53.5. The van der Waals surface area contributed by atoms with Gasteiger partial charge in [-0.2, -0.15) is 0 Å². The lowest BCUT2D eigenvalue weighted by molar-refractivity contribution is 0.0704. The minimum absolute atomic E-state index is 0. The number of amides is 1. The summed E-state index contributed by atoms with van der Waals surface area (Å²) in [5.74, 6) is 2.86. The van der Waals surface area contributed by atoms with Crippen LogP contribution in [0.25, 0.3) is 22.1 Å². The highest BCUT2D eigenvalue weighted by atomic mass is 16.5. The lowest BCUT2D eigenvalue weighted by atomic mass is 9.73. The van der Waals surface area contributed by atoms with Gasteiger partial charge in [0.05, 0.1) is 33.4 Å². The standard InChI is InChI=1S/C20H18N2O2.C17H15N3O3.C17H18N2O2.C14H20N2O2.2C13H13N3O2.CH4/c23-14-19(24)18-12-21-20(22-13-18)11-8-15-6-9-17(10-7-15)16-4-2-1-3-5-16;21-16(20-22)12-9-18-15(19-10-12)8-17(5-6-17)14-7-11-3-1-2-4-13(11)23-14;20-12-15(21)14-10-18-16(19-11-14)9-17(6-7-17)8-13-4-2-1-3-5-13;1-14(5-3-2-4-6-14)7-13-15-8-11(9-16-13)12(18)10-17;17-9-12(18)11-7-15-13(16-8-11)4-3-10-2-1-5-14-6-10;17-9-12(18)10-7-15-13(16-8-10)5-4-11-3-1-2-6-14-11;/h1-7,9-10,12-13,23H,8,11,14H2;1-4,7,9-10,22H,5-6,8H2,(H,20,21);1-5,10-11,20H,6-9,12H2;8-9,17H,2-7,10H2,1H3;1-2,5-8,17H,3-4,9H2;1-3,6-8,17H,4-5,9H2;1H4. The maximum atomic E-state index is 11.3. The molecule has 0 saturated heterocycles. The van der Waals surface area contributed by atoms with Crippen LogP contribution >= 0.6 is 0 Å². The number of carbonyl (C=O) groups is 6. The Morgan fingerprint density at radius 3 is 1.21 bits per heavy atom. The SMILES string of the molecule is C.CC1(Cc2ncc(C(=O)CO)cn2)CCCCC1.O=C(CO)c1cnc(CC2(Cc3ccccc3)CC2)nc1.O=C(CO)c1cnc(CCc2ccc(-c3ccccc3)cc2)nc1.O=C(CO)c1cnc(CCc2ccccn2)nc1.O=C(CO)c1cnc(CCc2cccnc2)nc1.O=C(NO)c1cnc(CC2(c3cc4ccccc4o3)CC2)nc1. The van der Waals surface area contributed by atoms with E-state index in [0.717, 1.165) is 91.0 Å². The summed E-state index contributed by atoms with van der Waals surface area (Å²) >= 11 is 0. The van der Waals surface area contributed by atoms with Crippen molar-refractivity contribution >= 4 is 45.8 Å². The molecule has 0 radical (unpaired) electrons. The van der Waals surface area contributed by atoms with Crippen molar-refractivity contribution in [1.29, 1.82) is 0 Å². The van der Waals surface area contributed by atoms with Gasteiger partial charge in [-0.15, -0.1) is 0 Å². The van der Waals surface area contributed by atoms with E-state index in [0.29, 0.717) is 82.2 Å². The molecule has 13 aromatic rings. The highest BCUT2D eigenvalue weighted by molar-refractivity contribution is 5.98. The van der Waals surface area contributed by atoms with Crippen molar-refractivity contribution in [3.63, 3.8) is 0 Å². The zero-order valence-corrected chi connectivity index (χ0v) is 67.8. The molecule has 3 saturated carbocycles. The molecule has 0 unspecified atom stereocenters. The van der Waals surface area contributed by atoms with Gasteiger partial charge in [0, 0.05) is 148 Å². The summed E-state index contributed by atoms with van der Waals surface area (Å²) < 4.78 is 5.99. The molecule has 9 heterocycles. The van der Waals surface area contributed by atoms with Crippen LogP contribution < -0.4 is 5.48 Å². The Balaban J connectivity index is 0.000000155. The first-order valence-electron chi connectivity index (χ1n) is 40.4. The first-order chi connectivity index (χ1) is 59.4. The number of para-hydroxylation sites is 1. The average molecular weight is 1660 g/mol. The number of aliphatic hydroxyl groups excluding tert-OH is 5. The highest BCUT2D eigenvalue weighted by Gasteiger charge is 2.48. The monoisotopic (exact) mass is 1660 g/mol. The van der Waals surface area contributed by atoms with Gasteiger partial charge in [-0.05, 0) is 133 Å². The zero-order valence-electron chi connectivity index (χ0n) is 67.8. The number of ketones is 5. The van der Waals surface area contributed by atoms with Gasteiger partial charge in [0.1, 0.15) is 79.3 Å². The number of hydrogen-bond acceptors (Lipinski definition) is 27. The summed E-state index contributed by atoms with van der Waals surface area (Å²) in [6.45, 7) is -0.241. The number of furan rings is 1. The normalized spacial score (nSPS) is 13.4. The number of Topliss-reactive ketones (excluding diaryl/α,β-unsaturated/α-hetero) is 5. The molecule has 634 valence electrons. The number of nitrogens with one attached hydrogen (secondary N) is 1. The number of rotatable bonds is 30. The lowest BCUT2D eigenvalue weighted by Crippen LogP contribution is -2.24. The number of hydroxylamine groups is 1. The fourth-order valence-electron chi connectivity index (χ4n) is 13.6. The number of pyridine rings is 2. The summed E-state index contributed by atoms with van der Waals surface area (Å²) in [4.78, 5) is 126. The third kappa shape index (κ3) is 28.5. The first kappa shape index (κ1) is 92.1. The molecule has 16 rings (SSSR count). The molecular weight excluding hydrogens is 1560 g/mol. The molecule has 0 bridgehead atoms. The van der Waals surface area contributed by atoms with E-state index >= 15 is 0 Å². The number of aromatic nitrogens is 14. The fourth-order valence-corrected chi connectivity index (χ4v) is 13.6. The fraction of sp³-hybridized carbons (Fsp3) is 0.305. The van der Waals surface area contributed by atoms with E-state index in [2.05, 4.69) is 143 Å². The number of benzene rings is 4. The minimum atomic E-state index is -0.616. The van der Waals surface area contributed by atoms with Crippen molar-refractivity contribution in [2.45, 2.75) is 142 Å². The lowest BCUT2D eigenvalue weighted by Gasteiger charge is -2.32.